The zero-order chi connectivity index (χ0) is 30.5. The van der Waals surface area contributed by atoms with E-state index in [9.17, 15) is 19.0 Å². The monoisotopic (exact) mass is 622 g/mol. The highest BCUT2D eigenvalue weighted by molar-refractivity contribution is 7.47. The summed E-state index contributed by atoms with van der Waals surface area (Å²) in [5.41, 5.74) is 4.77. The summed E-state index contributed by atoms with van der Waals surface area (Å²) in [5.74, 6) is 5.32. The van der Waals surface area contributed by atoms with Gasteiger partial charge in [-0.2, -0.15) is 0 Å². The summed E-state index contributed by atoms with van der Waals surface area (Å²) in [6.07, 6.45) is 7.18. The van der Waals surface area contributed by atoms with E-state index in [1.54, 1.807) is 66.0 Å². The Balaban J connectivity index is 1.43. The van der Waals surface area contributed by atoms with Crippen molar-refractivity contribution in [2.75, 3.05) is 16.8 Å². The molecule has 4 heterocycles. The predicted octanol–water partition coefficient (Wildman–Crippen LogP) is 4.48. The van der Waals surface area contributed by atoms with Crippen molar-refractivity contribution < 1.29 is 23.4 Å². The number of nitrogens with two attached hydrogens (primary N) is 1. The molecule has 0 saturated carbocycles. The smallest absolute Gasteiger partial charge is 0.336 e. The largest absolute Gasteiger partial charge is 0.488 e. The fourth-order valence-electron chi connectivity index (χ4n) is 5.87. The van der Waals surface area contributed by atoms with Gasteiger partial charge < -0.3 is 19.7 Å². The molecule has 2 aliphatic rings. The third kappa shape index (κ3) is 5.67. The molecular formula is C29H31N6O6PS. The molecule has 6 rings (SSSR count). The van der Waals surface area contributed by atoms with Gasteiger partial charge >= 0.3 is 7.82 Å². The van der Waals surface area contributed by atoms with E-state index in [4.69, 9.17) is 10.4 Å². The number of amides is 1. The predicted molar refractivity (Wildman–Crippen MR) is 163 cm³/mol. The van der Waals surface area contributed by atoms with Crippen LogP contribution in [0.4, 0.5) is 17.2 Å². The van der Waals surface area contributed by atoms with Crippen LogP contribution in [0.25, 0.3) is 11.1 Å². The number of hydrogen-bond donors (Lipinski definition) is 3. The van der Waals surface area contributed by atoms with Crippen molar-refractivity contribution in [1.29, 1.82) is 0 Å². The molecule has 0 spiro atoms. The van der Waals surface area contributed by atoms with Crippen LogP contribution in [0.5, 0.6) is 0 Å². The molecule has 12 nitrogen and oxygen atoms in total. The van der Waals surface area contributed by atoms with Gasteiger partial charge in [0.2, 0.25) is 0 Å². The number of hydrogen-bond acceptors (Lipinski definition) is 10. The van der Waals surface area contributed by atoms with E-state index >= 15 is 0 Å². The molecule has 43 heavy (non-hydrogen) atoms. The van der Waals surface area contributed by atoms with Gasteiger partial charge in [0.1, 0.15) is 17.8 Å². The molecule has 0 fully saturated rings. The number of carbonyl (C=O) groups is 1. The molecular weight excluding hydrogens is 591 g/mol. The second kappa shape index (κ2) is 11.1. The molecule has 1 amide bonds. The van der Waals surface area contributed by atoms with Crippen molar-refractivity contribution in [2.24, 2.45) is 18.4 Å². The number of fused-ring (bicyclic) bond motifs is 3. The quantitative estimate of drug-likeness (QED) is 0.189. The van der Waals surface area contributed by atoms with Crippen LogP contribution in [0.3, 0.4) is 0 Å². The van der Waals surface area contributed by atoms with Crippen LogP contribution in [-0.4, -0.2) is 31.9 Å². The van der Waals surface area contributed by atoms with Crippen molar-refractivity contribution in [3.63, 3.8) is 0 Å². The molecule has 4 aromatic rings. The van der Waals surface area contributed by atoms with Gasteiger partial charge in [0.25, 0.3) is 11.5 Å². The van der Waals surface area contributed by atoms with E-state index < -0.39 is 7.82 Å². The van der Waals surface area contributed by atoms with Crippen molar-refractivity contribution in [1.82, 2.24) is 14.5 Å². The number of thiophene rings is 1. The van der Waals surface area contributed by atoms with E-state index in [-0.39, 0.29) is 29.2 Å². The molecule has 0 radical (unpaired) electrons. The zero-order valence-electron chi connectivity index (χ0n) is 23.9. The Morgan fingerprint density at radius 3 is 2.77 bits per heavy atom. The number of phosphoric ester groups is 1. The van der Waals surface area contributed by atoms with Gasteiger partial charge in [0, 0.05) is 42.0 Å². The molecule has 0 bridgehead atoms. The Labute approximate surface area is 251 Å². The van der Waals surface area contributed by atoms with Crippen LogP contribution in [0.1, 0.15) is 45.1 Å². The Hall–Kier alpha value is -3.71. The number of nitrogens with one attached hydrogen (secondary N) is 1. The summed E-state index contributed by atoms with van der Waals surface area (Å²) in [6.45, 7) is 4.54. The zero-order valence-corrected chi connectivity index (χ0v) is 25.6. The summed E-state index contributed by atoms with van der Waals surface area (Å²) < 4.78 is 23.1. The molecule has 14 heteroatoms. The number of aromatic nitrogens is 3. The standard InChI is InChI=1S/C29H31N6O6PS/c1-29(2)12-20-19-8-10-35(28(37)26(19)43-24(20)13-29)23-6-4-5-18(21(23)15-40-42(38,39)41-30)17-11-22(27(36)34(3)14-17)33-25-7-9-31-16-32-25/h4-7,9,11,14,16H,8,10,12-13,15,30H2,1-3H3,(H,38,39)(H,31,32,33). The first-order chi connectivity index (χ1) is 20.5. The van der Waals surface area contributed by atoms with Crippen molar-refractivity contribution in [3.05, 3.63) is 85.9 Å². The lowest BCUT2D eigenvalue weighted by atomic mass is 9.89. The number of anilines is 3. The lowest BCUT2D eigenvalue weighted by molar-refractivity contribution is 0.0984. The van der Waals surface area contributed by atoms with Gasteiger partial charge in [0.05, 0.1) is 17.2 Å². The molecule has 4 N–H and O–H groups in total. The Morgan fingerprint density at radius 1 is 1.21 bits per heavy atom. The minimum absolute atomic E-state index is 0.120. The average molecular weight is 623 g/mol. The Morgan fingerprint density at radius 2 is 2.02 bits per heavy atom. The first kappa shape index (κ1) is 29.4. The topological polar surface area (TPSA) is 162 Å². The second-order valence-electron chi connectivity index (χ2n) is 11.5. The van der Waals surface area contributed by atoms with Crippen LogP contribution >= 0.6 is 19.2 Å². The second-order valence-corrected chi connectivity index (χ2v) is 14.0. The van der Waals surface area contributed by atoms with E-state index in [2.05, 4.69) is 33.8 Å². The summed E-state index contributed by atoms with van der Waals surface area (Å²) in [4.78, 5) is 48.7. The summed E-state index contributed by atoms with van der Waals surface area (Å²) >= 11 is 1.57. The van der Waals surface area contributed by atoms with Gasteiger partial charge in [-0.15, -0.1) is 11.3 Å². The lowest BCUT2D eigenvalue weighted by Gasteiger charge is -2.30. The Bertz CT molecular complexity index is 1840. The van der Waals surface area contributed by atoms with Crippen molar-refractivity contribution in [3.8, 4) is 11.1 Å². The van der Waals surface area contributed by atoms with E-state index in [1.807, 2.05) is 0 Å². The maximum absolute atomic E-state index is 14.0. The fraction of sp³-hybridized carbons (Fsp3) is 0.310. The summed E-state index contributed by atoms with van der Waals surface area (Å²) in [7, 11) is -2.95. The van der Waals surface area contributed by atoms with Crippen LogP contribution in [0, 0.1) is 5.41 Å². The third-order valence-corrected chi connectivity index (χ3v) is 9.79. The minimum Gasteiger partial charge on any atom is -0.336 e. The fourth-order valence-corrected chi connectivity index (χ4v) is 7.79. The molecule has 1 aromatic carbocycles. The summed E-state index contributed by atoms with van der Waals surface area (Å²) in [5, 5.41) is 3.03. The molecule has 1 atom stereocenters. The van der Waals surface area contributed by atoms with Gasteiger partial charge in [-0.1, -0.05) is 26.0 Å². The lowest BCUT2D eigenvalue weighted by Crippen LogP contribution is -2.37. The molecule has 3 aromatic heterocycles. The average Bonchev–Trinajstić information content (AvgIpc) is 3.47. The first-order valence-corrected chi connectivity index (χ1v) is 15.9. The van der Waals surface area contributed by atoms with E-state index in [0.29, 0.717) is 41.2 Å². The van der Waals surface area contributed by atoms with E-state index in [0.717, 1.165) is 23.3 Å². The van der Waals surface area contributed by atoms with Gasteiger partial charge in [-0.3, -0.25) is 14.1 Å². The first-order valence-electron chi connectivity index (χ1n) is 13.6. The SMILES string of the molecule is Cn1cc(-c2cccc(N3CCc4c(sc5c4CC(C)(C)C5)C3=O)c2COP(=O)(O)ON)cc(Nc2ccncn2)c1=O. The van der Waals surface area contributed by atoms with Crippen LogP contribution in [-0.2, 0) is 46.6 Å². The van der Waals surface area contributed by atoms with E-state index in [1.165, 1.54) is 21.3 Å². The third-order valence-electron chi connectivity index (χ3n) is 7.81. The molecule has 0 saturated heterocycles. The molecule has 1 aliphatic heterocycles. The van der Waals surface area contributed by atoms with Crippen molar-refractivity contribution >= 4 is 42.3 Å². The number of nitrogens with zero attached hydrogens (tertiary/aromatic N) is 4. The highest BCUT2D eigenvalue weighted by Crippen LogP contribution is 2.47. The highest BCUT2D eigenvalue weighted by Gasteiger charge is 2.38. The number of aryl methyl sites for hydroxylation is 1. The normalized spacial score (nSPS) is 17.0. The number of pyridine rings is 1. The molecule has 1 aliphatic carbocycles. The highest BCUT2D eigenvalue weighted by atomic mass is 32.1. The number of benzene rings is 1. The number of rotatable bonds is 8. The van der Waals surface area contributed by atoms with Crippen molar-refractivity contribution in [2.45, 2.75) is 39.7 Å². The number of carbonyl (C=O) groups excluding carboxylic acids is 1. The van der Waals surface area contributed by atoms with Gasteiger partial charge in [0.15, 0.2) is 0 Å². The maximum atomic E-state index is 14.0. The summed E-state index contributed by atoms with van der Waals surface area (Å²) in [6, 6.07) is 8.67. The maximum Gasteiger partial charge on any atom is 0.488 e. The van der Waals surface area contributed by atoms with Crippen LogP contribution < -0.4 is 21.7 Å². The minimum atomic E-state index is -4.57. The Kier molecular flexibility index (Phi) is 7.57. The number of phosphoric acid groups is 1. The van der Waals surface area contributed by atoms with Gasteiger partial charge in [-0.25, -0.2) is 25.1 Å². The van der Waals surface area contributed by atoms with Crippen LogP contribution in [0.15, 0.2) is 53.8 Å². The molecule has 224 valence electrons. The van der Waals surface area contributed by atoms with Gasteiger partial charge in [-0.05, 0) is 59.6 Å². The molecule has 1 unspecified atom stereocenters. The van der Waals surface area contributed by atoms with Crippen LogP contribution in [0.2, 0.25) is 0 Å².